The van der Waals surface area contributed by atoms with Crippen molar-refractivity contribution in [2.45, 2.75) is 25.4 Å². The molecule has 1 aliphatic rings. The fraction of sp³-hybridized carbons (Fsp3) is 0.364. The molecule has 4 nitrogen and oxygen atoms in total. The monoisotopic (exact) mass is 208 g/mol. The molecule has 1 unspecified atom stereocenters. The third kappa shape index (κ3) is 2.03. The molecule has 0 aliphatic carbocycles. The number of aliphatic carboxylic acids is 1. The van der Waals surface area contributed by atoms with Crippen molar-refractivity contribution in [3.05, 3.63) is 23.8 Å². The number of fused-ring (bicyclic) bond motifs is 1. The molecule has 2 N–H and O–H groups in total. The quantitative estimate of drug-likeness (QED) is 0.791. The van der Waals surface area contributed by atoms with Gasteiger partial charge in [-0.15, -0.1) is 0 Å². The Labute approximate surface area is 87.1 Å². The van der Waals surface area contributed by atoms with Crippen molar-refractivity contribution in [2.75, 3.05) is 0 Å². The van der Waals surface area contributed by atoms with Crippen molar-refractivity contribution in [2.24, 2.45) is 0 Å². The maximum absolute atomic E-state index is 10.4. The molecular weight excluding hydrogens is 196 g/mol. The molecule has 0 radical (unpaired) electrons. The van der Waals surface area contributed by atoms with Crippen LogP contribution in [0.1, 0.15) is 18.4 Å². The number of hydrogen-bond acceptors (Lipinski definition) is 3. The second kappa shape index (κ2) is 3.81. The Bertz CT molecular complexity index is 386. The van der Waals surface area contributed by atoms with Crippen LogP contribution in [0.3, 0.4) is 0 Å². The van der Waals surface area contributed by atoms with Crippen LogP contribution in [0.2, 0.25) is 0 Å². The summed E-state index contributed by atoms with van der Waals surface area (Å²) in [4.78, 5) is 10.4. The summed E-state index contributed by atoms with van der Waals surface area (Å²) in [5.41, 5.74) is 0.785. The van der Waals surface area contributed by atoms with Gasteiger partial charge in [-0.05, 0) is 18.6 Å². The molecule has 0 fully saturated rings. The third-order valence-corrected chi connectivity index (χ3v) is 2.51. The fourth-order valence-electron chi connectivity index (χ4n) is 1.76. The van der Waals surface area contributed by atoms with Crippen LogP contribution >= 0.6 is 0 Å². The average molecular weight is 208 g/mol. The molecule has 2 rings (SSSR count). The summed E-state index contributed by atoms with van der Waals surface area (Å²) >= 11 is 0. The SMILES string of the molecule is O=C(O)CCC1Cc2c(O)cccc2O1. The molecule has 0 saturated heterocycles. The Morgan fingerprint density at radius 1 is 1.53 bits per heavy atom. The molecule has 15 heavy (non-hydrogen) atoms. The predicted molar refractivity (Wildman–Crippen MR) is 53.1 cm³/mol. The lowest BCUT2D eigenvalue weighted by atomic mass is 10.1. The smallest absolute Gasteiger partial charge is 0.303 e. The van der Waals surface area contributed by atoms with E-state index in [4.69, 9.17) is 9.84 Å². The van der Waals surface area contributed by atoms with Crippen LogP contribution in [0.25, 0.3) is 0 Å². The van der Waals surface area contributed by atoms with Crippen molar-refractivity contribution in [1.29, 1.82) is 0 Å². The van der Waals surface area contributed by atoms with E-state index in [1.807, 2.05) is 0 Å². The van der Waals surface area contributed by atoms with Gasteiger partial charge in [-0.2, -0.15) is 0 Å². The summed E-state index contributed by atoms with van der Waals surface area (Å²) in [5, 5.41) is 18.1. The lowest BCUT2D eigenvalue weighted by molar-refractivity contribution is -0.137. The topological polar surface area (TPSA) is 66.8 Å². The highest BCUT2D eigenvalue weighted by molar-refractivity contribution is 5.66. The van der Waals surface area contributed by atoms with Crippen LogP contribution in [-0.2, 0) is 11.2 Å². The minimum absolute atomic E-state index is 0.0966. The third-order valence-electron chi connectivity index (χ3n) is 2.51. The first-order valence-corrected chi connectivity index (χ1v) is 4.86. The van der Waals surface area contributed by atoms with E-state index in [9.17, 15) is 9.90 Å². The number of carboxylic acids is 1. The first-order valence-electron chi connectivity index (χ1n) is 4.86. The van der Waals surface area contributed by atoms with Gasteiger partial charge in [-0.1, -0.05) is 6.07 Å². The number of aromatic hydroxyl groups is 1. The first-order chi connectivity index (χ1) is 7.16. The number of carbonyl (C=O) groups is 1. The maximum Gasteiger partial charge on any atom is 0.303 e. The highest BCUT2D eigenvalue weighted by Gasteiger charge is 2.25. The van der Waals surface area contributed by atoms with Crippen LogP contribution in [0.4, 0.5) is 0 Å². The number of hydrogen-bond donors (Lipinski definition) is 2. The average Bonchev–Trinajstić information content (AvgIpc) is 2.59. The Balaban J connectivity index is 2.03. The van der Waals surface area contributed by atoms with Crippen molar-refractivity contribution in [3.8, 4) is 11.5 Å². The minimum atomic E-state index is -0.821. The van der Waals surface area contributed by atoms with Gasteiger partial charge in [-0.3, -0.25) is 4.79 Å². The number of carboxylic acid groups (broad SMARTS) is 1. The van der Waals surface area contributed by atoms with E-state index in [2.05, 4.69) is 0 Å². The molecule has 1 atom stereocenters. The van der Waals surface area contributed by atoms with Gasteiger partial charge in [-0.25, -0.2) is 0 Å². The van der Waals surface area contributed by atoms with E-state index < -0.39 is 5.97 Å². The standard InChI is InChI=1S/C11H12O4/c12-9-2-1-3-10-8(9)6-7(15-10)4-5-11(13)14/h1-3,7,12H,4-6H2,(H,13,14). The maximum atomic E-state index is 10.4. The van der Waals surface area contributed by atoms with Crippen LogP contribution in [0.5, 0.6) is 11.5 Å². The molecule has 1 aliphatic heterocycles. The number of rotatable bonds is 3. The molecule has 1 aromatic carbocycles. The highest BCUT2D eigenvalue weighted by atomic mass is 16.5. The highest BCUT2D eigenvalue weighted by Crippen LogP contribution is 2.36. The van der Waals surface area contributed by atoms with Gasteiger partial charge in [0.05, 0.1) is 0 Å². The zero-order valence-electron chi connectivity index (χ0n) is 8.14. The molecule has 0 spiro atoms. The van der Waals surface area contributed by atoms with Crippen LogP contribution in [-0.4, -0.2) is 22.3 Å². The number of ether oxygens (including phenoxy) is 1. The van der Waals surface area contributed by atoms with Crippen molar-refractivity contribution in [1.82, 2.24) is 0 Å². The largest absolute Gasteiger partial charge is 0.508 e. The van der Waals surface area contributed by atoms with Crippen LogP contribution in [0.15, 0.2) is 18.2 Å². The zero-order valence-corrected chi connectivity index (χ0v) is 8.14. The van der Waals surface area contributed by atoms with Gasteiger partial charge < -0.3 is 14.9 Å². The molecule has 4 heteroatoms. The normalized spacial score (nSPS) is 18.3. The van der Waals surface area contributed by atoms with Gasteiger partial charge in [0.1, 0.15) is 17.6 Å². The Kier molecular flexibility index (Phi) is 2.49. The lowest BCUT2D eigenvalue weighted by Crippen LogP contribution is -2.14. The van der Waals surface area contributed by atoms with Gasteiger partial charge >= 0.3 is 5.97 Å². The summed E-state index contributed by atoms with van der Waals surface area (Å²) in [6.07, 6.45) is 1.04. The Morgan fingerprint density at radius 2 is 2.33 bits per heavy atom. The van der Waals surface area contributed by atoms with Gasteiger partial charge in [0.15, 0.2) is 0 Å². The van der Waals surface area contributed by atoms with E-state index >= 15 is 0 Å². The molecule has 0 amide bonds. The van der Waals surface area contributed by atoms with E-state index in [0.29, 0.717) is 18.6 Å². The van der Waals surface area contributed by atoms with Gasteiger partial charge in [0.25, 0.3) is 0 Å². The summed E-state index contributed by atoms with van der Waals surface area (Å²) in [5.74, 6) is 0.0782. The van der Waals surface area contributed by atoms with Crippen LogP contribution in [0, 0.1) is 0 Å². The molecule has 0 bridgehead atoms. The number of phenolic OH excluding ortho intramolecular Hbond substituents is 1. The summed E-state index contributed by atoms with van der Waals surface area (Å²) in [6.45, 7) is 0. The van der Waals surface area contributed by atoms with Crippen LogP contribution < -0.4 is 4.74 Å². The van der Waals surface area contributed by atoms with E-state index in [0.717, 1.165) is 5.56 Å². The van der Waals surface area contributed by atoms with Gasteiger partial charge in [0, 0.05) is 18.4 Å². The first kappa shape index (κ1) is 9.83. The Morgan fingerprint density at radius 3 is 3.00 bits per heavy atom. The molecule has 0 aromatic heterocycles. The second-order valence-corrected chi connectivity index (χ2v) is 3.63. The molecular formula is C11H12O4. The minimum Gasteiger partial charge on any atom is -0.508 e. The zero-order chi connectivity index (χ0) is 10.8. The lowest BCUT2D eigenvalue weighted by Gasteiger charge is -2.07. The van der Waals surface area contributed by atoms with E-state index in [-0.39, 0.29) is 18.3 Å². The fourth-order valence-corrected chi connectivity index (χ4v) is 1.76. The van der Waals surface area contributed by atoms with E-state index in [1.165, 1.54) is 0 Å². The number of phenols is 1. The second-order valence-electron chi connectivity index (χ2n) is 3.63. The molecule has 1 aromatic rings. The summed E-state index contributed by atoms with van der Waals surface area (Å²) in [6, 6.07) is 5.12. The van der Waals surface area contributed by atoms with Gasteiger partial charge in [0.2, 0.25) is 0 Å². The molecule has 80 valence electrons. The molecule has 1 heterocycles. The van der Waals surface area contributed by atoms with Crippen molar-refractivity contribution < 1.29 is 19.7 Å². The number of benzene rings is 1. The van der Waals surface area contributed by atoms with Crippen molar-refractivity contribution in [3.63, 3.8) is 0 Å². The van der Waals surface area contributed by atoms with E-state index in [1.54, 1.807) is 18.2 Å². The summed E-state index contributed by atoms with van der Waals surface area (Å²) in [7, 11) is 0. The summed E-state index contributed by atoms with van der Waals surface area (Å²) < 4.78 is 5.51. The Hall–Kier alpha value is -1.71. The molecule has 0 saturated carbocycles. The predicted octanol–water partition coefficient (Wildman–Crippen LogP) is 1.56. The van der Waals surface area contributed by atoms with Crippen molar-refractivity contribution >= 4 is 5.97 Å².